The molecule has 4 heteroatoms. The fourth-order valence-corrected chi connectivity index (χ4v) is 3.29. The molecule has 1 N–H and O–H groups in total. The third-order valence-electron chi connectivity index (χ3n) is 5.38. The maximum atomic E-state index is 13.1. The maximum absolute atomic E-state index is 13.1. The van der Waals surface area contributed by atoms with Crippen LogP contribution in [0.4, 0.5) is 0 Å². The van der Waals surface area contributed by atoms with Gasteiger partial charge in [0.1, 0.15) is 6.04 Å². The van der Waals surface area contributed by atoms with Crippen LogP contribution in [0, 0.1) is 6.92 Å². The normalized spacial score (nSPS) is 11.7. The molecular weight excluding hydrogens is 360 g/mol. The summed E-state index contributed by atoms with van der Waals surface area (Å²) in [6, 6.07) is 15.9. The first-order valence-corrected chi connectivity index (χ1v) is 10.7. The molecule has 0 saturated carbocycles. The van der Waals surface area contributed by atoms with Crippen molar-refractivity contribution >= 4 is 11.8 Å². The Morgan fingerprint density at radius 1 is 1.00 bits per heavy atom. The molecular formula is C25H34N2O2. The smallest absolute Gasteiger partial charge is 0.242 e. The molecule has 0 aromatic heterocycles. The number of rotatable bonds is 10. The van der Waals surface area contributed by atoms with Gasteiger partial charge in [0, 0.05) is 19.5 Å². The molecule has 2 aromatic carbocycles. The van der Waals surface area contributed by atoms with Crippen molar-refractivity contribution in [1.82, 2.24) is 10.2 Å². The lowest BCUT2D eigenvalue weighted by Gasteiger charge is -2.29. The first-order valence-electron chi connectivity index (χ1n) is 10.7. The van der Waals surface area contributed by atoms with Crippen LogP contribution < -0.4 is 5.32 Å². The molecule has 0 saturated heterocycles. The first-order chi connectivity index (χ1) is 14.0. The molecule has 0 bridgehead atoms. The zero-order chi connectivity index (χ0) is 21.2. The number of carbonyl (C=O) groups is 2. The average molecular weight is 395 g/mol. The van der Waals surface area contributed by atoms with Crippen LogP contribution in [0.2, 0.25) is 0 Å². The van der Waals surface area contributed by atoms with Crippen LogP contribution >= 0.6 is 0 Å². The van der Waals surface area contributed by atoms with E-state index in [4.69, 9.17) is 0 Å². The summed E-state index contributed by atoms with van der Waals surface area (Å²) in [7, 11) is 0. The van der Waals surface area contributed by atoms with Crippen LogP contribution in [0.5, 0.6) is 0 Å². The second-order valence-electron chi connectivity index (χ2n) is 7.59. The van der Waals surface area contributed by atoms with Gasteiger partial charge in [-0.25, -0.2) is 0 Å². The maximum Gasteiger partial charge on any atom is 0.242 e. The molecule has 4 nitrogen and oxygen atoms in total. The summed E-state index contributed by atoms with van der Waals surface area (Å²) in [6.45, 7) is 9.07. The number of benzene rings is 2. The monoisotopic (exact) mass is 394 g/mol. The van der Waals surface area contributed by atoms with Gasteiger partial charge in [0.05, 0.1) is 0 Å². The Labute approximate surface area is 175 Å². The third-order valence-corrected chi connectivity index (χ3v) is 5.38. The SMILES string of the molecule is CCCNC(=O)C(C)N(Cc1ccccc1C)C(=O)CCc1ccc(CC)cc1. The van der Waals surface area contributed by atoms with E-state index in [0.29, 0.717) is 25.9 Å². The van der Waals surface area contributed by atoms with Gasteiger partial charge in [-0.2, -0.15) is 0 Å². The van der Waals surface area contributed by atoms with Crippen molar-refractivity contribution in [1.29, 1.82) is 0 Å². The highest BCUT2D eigenvalue weighted by Crippen LogP contribution is 2.16. The first kappa shape index (κ1) is 22.7. The summed E-state index contributed by atoms with van der Waals surface area (Å²) < 4.78 is 0. The van der Waals surface area contributed by atoms with Crippen LogP contribution in [-0.2, 0) is 29.0 Å². The van der Waals surface area contributed by atoms with Gasteiger partial charge in [0.15, 0.2) is 0 Å². The number of nitrogens with zero attached hydrogens (tertiary/aromatic N) is 1. The van der Waals surface area contributed by atoms with Crippen molar-refractivity contribution in [3.05, 3.63) is 70.8 Å². The van der Waals surface area contributed by atoms with Crippen molar-refractivity contribution in [2.75, 3.05) is 6.54 Å². The summed E-state index contributed by atoms with van der Waals surface area (Å²) in [5.74, 6) is -0.0898. The highest BCUT2D eigenvalue weighted by atomic mass is 16.2. The topological polar surface area (TPSA) is 49.4 Å². The second-order valence-corrected chi connectivity index (χ2v) is 7.59. The Balaban J connectivity index is 2.12. The number of hydrogen-bond acceptors (Lipinski definition) is 2. The molecule has 2 rings (SSSR count). The van der Waals surface area contributed by atoms with Crippen LogP contribution in [0.3, 0.4) is 0 Å². The third kappa shape index (κ3) is 6.74. The lowest BCUT2D eigenvalue weighted by Crippen LogP contribution is -2.47. The highest BCUT2D eigenvalue weighted by molar-refractivity contribution is 5.87. The number of aryl methyl sites for hydroxylation is 3. The van der Waals surface area contributed by atoms with E-state index in [1.807, 2.05) is 45.0 Å². The van der Waals surface area contributed by atoms with Crippen molar-refractivity contribution in [2.45, 2.75) is 66.0 Å². The molecule has 29 heavy (non-hydrogen) atoms. The summed E-state index contributed by atoms with van der Waals surface area (Å²) >= 11 is 0. The van der Waals surface area contributed by atoms with E-state index in [2.05, 4.69) is 36.5 Å². The molecule has 0 aliphatic rings. The highest BCUT2D eigenvalue weighted by Gasteiger charge is 2.26. The summed E-state index contributed by atoms with van der Waals surface area (Å²) in [6.07, 6.45) is 2.95. The fourth-order valence-electron chi connectivity index (χ4n) is 3.29. The molecule has 1 unspecified atom stereocenters. The van der Waals surface area contributed by atoms with Crippen molar-refractivity contribution in [3.8, 4) is 0 Å². The molecule has 2 aromatic rings. The second kappa shape index (κ2) is 11.4. The molecule has 0 aliphatic carbocycles. The predicted octanol–water partition coefficient (Wildman–Crippen LogP) is 4.43. The van der Waals surface area contributed by atoms with E-state index < -0.39 is 6.04 Å². The molecule has 0 aliphatic heterocycles. The van der Waals surface area contributed by atoms with Crippen LogP contribution in [-0.4, -0.2) is 29.3 Å². The zero-order valence-electron chi connectivity index (χ0n) is 18.2. The Morgan fingerprint density at radius 3 is 2.28 bits per heavy atom. The van der Waals surface area contributed by atoms with E-state index in [9.17, 15) is 9.59 Å². The van der Waals surface area contributed by atoms with Crippen LogP contribution in [0.15, 0.2) is 48.5 Å². The van der Waals surface area contributed by atoms with Crippen molar-refractivity contribution in [3.63, 3.8) is 0 Å². The lowest BCUT2D eigenvalue weighted by atomic mass is 10.0. The van der Waals surface area contributed by atoms with Gasteiger partial charge in [-0.3, -0.25) is 9.59 Å². The molecule has 1 atom stereocenters. The fraction of sp³-hybridized carbons (Fsp3) is 0.440. The van der Waals surface area contributed by atoms with Gasteiger partial charge in [0.25, 0.3) is 0 Å². The molecule has 0 radical (unpaired) electrons. The van der Waals surface area contributed by atoms with Crippen LogP contribution in [0.25, 0.3) is 0 Å². The standard InChI is InChI=1S/C25H34N2O2/c1-5-17-26-25(29)20(4)27(18-23-10-8-7-9-19(23)3)24(28)16-15-22-13-11-21(6-2)12-14-22/h7-14,20H,5-6,15-18H2,1-4H3,(H,26,29). The Hall–Kier alpha value is -2.62. The number of amides is 2. The summed E-state index contributed by atoms with van der Waals surface area (Å²) in [4.78, 5) is 27.4. The Morgan fingerprint density at radius 2 is 1.66 bits per heavy atom. The van der Waals surface area contributed by atoms with E-state index in [-0.39, 0.29) is 11.8 Å². The Kier molecular flexibility index (Phi) is 8.91. The van der Waals surface area contributed by atoms with Gasteiger partial charge in [-0.05, 0) is 55.4 Å². The van der Waals surface area contributed by atoms with E-state index in [1.54, 1.807) is 4.90 Å². The minimum absolute atomic E-state index is 0.00645. The van der Waals surface area contributed by atoms with Crippen molar-refractivity contribution in [2.24, 2.45) is 0 Å². The summed E-state index contributed by atoms with van der Waals surface area (Å²) in [5.41, 5.74) is 4.64. The lowest BCUT2D eigenvalue weighted by molar-refractivity contribution is -0.140. The molecule has 2 amide bonds. The average Bonchev–Trinajstić information content (AvgIpc) is 2.75. The zero-order valence-corrected chi connectivity index (χ0v) is 18.2. The van der Waals surface area contributed by atoms with Gasteiger partial charge >= 0.3 is 0 Å². The number of nitrogens with one attached hydrogen (secondary N) is 1. The predicted molar refractivity (Wildman–Crippen MR) is 119 cm³/mol. The van der Waals surface area contributed by atoms with Gasteiger partial charge in [0.2, 0.25) is 11.8 Å². The van der Waals surface area contributed by atoms with Gasteiger partial charge in [-0.1, -0.05) is 62.4 Å². The Bertz CT molecular complexity index is 799. The van der Waals surface area contributed by atoms with Crippen LogP contribution in [0.1, 0.15) is 55.9 Å². The largest absolute Gasteiger partial charge is 0.354 e. The van der Waals surface area contributed by atoms with Gasteiger partial charge in [-0.15, -0.1) is 0 Å². The quantitative estimate of drug-likeness (QED) is 0.648. The number of carbonyl (C=O) groups excluding carboxylic acids is 2. The molecule has 156 valence electrons. The van der Waals surface area contributed by atoms with E-state index >= 15 is 0 Å². The molecule has 0 heterocycles. The summed E-state index contributed by atoms with van der Waals surface area (Å²) in [5, 5.41) is 2.92. The van der Waals surface area contributed by atoms with Crippen molar-refractivity contribution < 1.29 is 9.59 Å². The molecule has 0 fully saturated rings. The van der Waals surface area contributed by atoms with E-state index in [1.165, 1.54) is 5.56 Å². The molecule has 0 spiro atoms. The minimum Gasteiger partial charge on any atom is -0.354 e. The minimum atomic E-state index is -0.504. The van der Waals surface area contributed by atoms with Gasteiger partial charge < -0.3 is 10.2 Å². The number of hydrogen-bond donors (Lipinski definition) is 1. The van der Waals surface area contributed by atoms with E-state index in [0.717, 1.165) is 29.5 Å².